The molecule has 0 aromatic heterocycles. The van der Waals surface area contributed by atoms with Crippen molar-refractivity contribution >= 4 is 11.9 Å². The maximum absolute atomic E-state index is 12.5. The minimum atomic E-state index is -0.865. The van der Waals surface area contributed by atoms with Gasteiger partial charge in [-0.1, -0.05) is 236 Å². The summed E-state index contributed by atoms with van der Waals surface area (Å²) < 4.78 is 5.44. The predicted molar refractivity (Wildman–Crippen MR) is 282 cm³/mol. The van der Waals surface area contributed by atoms with Gasteiger partial charge in [0.25, 0.3) is 0 Å². The molecule has 0 saturated heterocycles. The van der Waals surface area contributed by atoms with Crippen LogP contribution in [0, 0.1) is 0 Å². The summed E-state index contributed by atoms with van der Waals surface area (Å²) in [5.41, 5.74) is 0. The van der Waals surface area contributed by atoms with Crippen LogP contribution in [0.5, 0.6) is 0 Å². The maximum atomic E-state index is 12.5. The van der Waals surface area contributed by atoms with E-state index in [4.69, 9.17) is 4.74 Å². The highest BCUT2D eigenvalue weighted by molar-refractivity contribution is 5.76. The van der Waals surface area contributed by atoms with Gasteiger partial charge in [0.15, 0.2) is 0 Å². The lowest BCUT2D eigenvalue weighted by Crippen LogP contribution is -2.45. The van der Waals surface area contributed by atoms with E-state index in [2.05, 4.69) is 55.6 Å². The molecule has 0 aliphatic carbocycles. The number of amides is 1. The van der Waals surface area contributed by atoms with Crippen molar-refractivity contribution in [2.24, 2.45) is 0 Å². The molecular formula is C59H109NO5. The van der Waals surface area contributed by atoms with Crippen LogP contribution in [-0.2, 0) is 14.3 Å². The number of esters is 1. The van der Waals surface area contributed by atoms with E-state index in [0.29, 0.717) is 19.4 Å². The van der Waals surface area contributed by atoms with Crippen LogP contribution < -0.4 is 5.32 Å². The molecule has 2 atom stereocenters. The van der Waals surface area contributed by atoms with Gasteiger partial charge in [-0.2, -0.15) is 0 Å². The van der Waals surface area contributed by atoms with E-state index in [1.54, 1.807) is 6.08 Å². The molecule has 0 aliphatic heterocycles. The molecule has 0 rings (SSSR count). The van der Waals surface area contributed by atoms with Gasteiger partial charge in [0.1, 0.15) is 0 Å². The summed E-state index contributed by atoms with van der Waals surface area (Å²) in [6.07, 6.45) is 68.4. The van der Waals surface area contributed by atoms with Gasteiger partial charge in [-0.05, 0) is 89.9 Å². The first-order chi connectivity index (χ1) is 32.0. The molecule has 0 bridgehead atoms. The number of carbonyl (C=O) groups is 2. The van der Waals surface area contributed by atoms with Gasteiger partial charge in [0.2, 0.25) is 5.91 Å². The van der Waals surface area contributed by atoms with Crippen LogP contribution in [0.25, 0.3) is 0 Å². The number of ether oxygens (including phenoxy) is 1. The van der Waals surface area contributed by atoms with Crippen molar-refractivity contribution in [1.82, 2.24) is 5.32 Å². The number of nitrogens with one attached hydrogen (secondary N) is 1. The van der Waals surface area contributed by atoms with Crippen molar-refractivity contribution in [3.63, 3.8) is 0 Å². The maximum Gasteiger partial charge on any atom is 0.305 e. The number of carbonyl (C=O) groups excluding carboxylic acids is 2. The molecular weight excluding hydrogens is 803 g/mol. The highest BCUT2D eigenvalue weighted by Gasteiger charge is 2.18. The predicted octanol–water partition coefficient (Wildman–Crippen LogP) is 17.4. The first kappa shape index (κ1) is 62.8. The van der Waals surface area contributed by atoms with Crippen LogP contribution in [0.4, 0.5) is 0 Å². The summed E-state index contributed by atoms with van der Waals surface area (Å²) in [7, 11) is 0. The number of hydrogen-bond donors (Lipinski definition) is 3. The summed E-state index contributed by atoms with van der Waals surface area (Å²) in [4.78, 5) is 24.5. The van der Waals surface area contributed by atoms with E-state index in [0.717, 1.165) is 89.9 Å². The topological polar surface area (TPSA) is 95.9 Å². The van der Waals surface area contributed by atoms with E-state index in [9.17, 15) is 19.8 Å². The number of allylic oxidation sites excluding steroid dienone is 7. The van der Waals surface area contributed by atoms with E-state index in [-0.39, 0.29) is 18.5 Å². The van der Waals surface area contributed by atoms with Crippen molar-refractivity contribution in [3.8, 4) is 0 Å². The van der Waals surface area contributed by atoms with Crippen LogP contribution in [0.15, 0.2) is 48.6 Å². The highest BCUT2D eigenvalue weighted by atomic mass is 16.5. The fraction of sp³-hybridized carbons (Fsp3) is 0.831. The molecule has 0 aliphatic rings. The van der Waals surface area contributed by atoms with Gasteiger partial charge >= 0.3 is 5.97 Å². The number of aliphatic hydroxyl groups excluding tert-OH is 2. The molecule has 3 N–H and O–H groups in total. The first-order valence-corrected chi connectivity index (χ1v) is 28.4. The van der Waals surface area contributed by atoms with Gasteiger partial charge in [-0.3, -0.25) is 9.59 Å². The molecule has 65 heavy (non-hydrogen) atoms. The van der Waals surface area contributed by atoms with Gasteiger partial charge in [-0.25, -0.2) is 0 Å². The Balaban J connectivity index is 3.55. The molecule has 0 heterocycles. The summed E-state index contributed by atoms with van der Waals surface area (Å²) in [5, 5.41) is 23.1. The molecule has 0 radical (unpaired) electrons. The van der Waals surface area contributed by atoms with E-state index in [1.165, 1.54) is 173 Å². The third kappa shape index (κ3) is 51.1. The Labute approximate surface area is 404 Å². The van der Waals surface area contributed by atoms with Crippen LogP contribution in [-0.4, -0.2) is 47.4 Å². The summed E-state index contributed by atoms with van der Waals surface area (Å²) in [5.74, 6) is -0.138. The molecule has 2 unspecified atom stereocenters. The van der Waals surface area contributed by atoms with Crippen LogP contribution in [0.2, 0.25) is 0 Å². The monoisotopic (exact) mass is 912 g/mol. The zero-order chi connectivity index (χ0) is 47.2. The largest absolute Gasteiger partial charge is 0.466 e. The Hall–Kier alpha value is -2.18. The summed E-state index contributed by atoms with van der Waals surface area (Å²) in [6, 6.07) is -0.651. The molecule has 6 nitrogen and oxygen atoms in total. The number of hydrogen-bond acceptors (Lipinski definition) is 5. The SMILES string of the molecule is CCCCC/C=C\C/C=C\CCCCCCCCCC(=O)OCCCC/C=C\CCCCCCCC(=O)NC(CO)C(O)/C=C/CCCCCCCCCCCCCCCCCCCC. The molecule has 0 fully saturated rings. The average Bonchev–Trinajstić information content (AvgIpc) is 3.31. The van der Waals surface area contributed by atoms with Crippen molar-refractivity contribution in [2.75, 3.05) is 13.2 Å². The van der Waals surface area contributed by atoms with E-state index in [1.807, 2.05) is 6.08 Å². The fourth-order valence-corrected chi connectivity index (χ4v) is 8.42. The standard InChI is InChI=1S/C59H109NO5/c1-3-5-7-9-11-13-15-17-19-21-22-23-25-26-28-31-35-39-43-47-51-57(62)56(55-61)60-58(63)52-48-44-40-36-32-30-34-38-42-46-50-54-65-59(64)53-49-45-41-37-33-29-27-24-20-18-16-14-12-10-8-6-4-2/h12,14,18,20,34,38,47,51,56-57,61-62H,3-11,13,15-17,19,21-33,35-37,39-46,48-50,52-55H2,1-2H3,(H,60,63)/b14-12-,20-18-,38-34-,51-47+. The molecule has 6 heteroatoms. The Kier molecular flexibility index (Phi) is 52.6. The zero-order valence-electron chi connectivity index (χ0n) is 43.2. The third-order valence-corrected chi connectivity index (χ3v) is 12.8. The van der Waals surface area contributed by atoms with Crippen LogP contribution in [0.1, 0.15) is 290 Å². The number of rotatable bonds is 52. The Morgan fingerprint density at radius 1 is 0.431 bits per heavy atom. The lowest BCUT2D eigenvalue weighted by molar-refractivity contribution is -0.143. The Morgan fingerprint density at radius 2 is 0.769 bits per heavy atom. The third-order valence-electron chi connectivity index (χ3n) is 12.8. The Bertz CT molecular complexity index is 1100. The molecule has 0 aromatic carbocycles. The second kappa shape index (κ2) is 54.4. The van der Waals surface area contributed by atoms with Gasteiger partial charge in [-0.15, -0.1) is 0 Å². The molecule has 0 aromatic rings. The summed E-state index contributed by atoms with van der Waals surface area (Å²) >= 11 is 0. The number of aliphatic hydroxyl groups is 2. The highest BCUT2D eigenvalue weighted by Crippen LogP contribution is 2.16. The summed E-state index contributed by atoms with van der Waals surface area (Å²) in [6.45, 7) is 4.80. The average molecular weight is 913 g/mol. The molecule has 380 valence electrons. The number of unbranched alkanes of at least 4 members (excludes halogenated alkanes) is 35. The van der Waals surface area contributed by atoms with Crippen molar-refractivity contribution in [2.45, 2.75) is 302 Å². The van der Waals surface area contributed by atoms with Crippen molar-refractivity contribution in [3.05, 3.63) is 48.6 Å². The van der Waals surface area contributed by atoms with Crippen molar-refractivity contribution in [1.29, 1.82) is 0 Å². The van der Waals surface area contributed by atoms with Gasteiger partial charge < -0.3 is 20.3 Å². The smallest absolute Gasteiger partial charge is 0.305 e. The lowest BCUT2D eigenvalue weighted by Gasteiger charge is -2.20. The van der Waals surface area contributed by atoms with Crippen LogP contribution in [0.3, 0.4) is 0 Å². The Morgan fingerprint density at radius 3 is 1.22 bits per heavy atom. The van der Waals surface area contributed by atoms with Gasteiger partial charge in [0.05, 0.1) is 25.4 Å². The molecule has 0 saturated carbocycles. The second-order valence-electron chi connectivity index (χ2n) is 19.3. The fourth-order valence-electron chi connectivity index (χ4n) is 8.42. The van der Waals surface area contributed by atoms with E-state index >= 15 is 0 Å². The molecule has 0 spiro atoms. The first-order valence-electron chi connectivity index (χ1n) is 28.4. The van der Waals surface area contributed by atoms with E-state index < -0.39 is 12.1 Å². The minimum absolute atomic E-state index is 0.0410. The molecule has 1 amide bonds. The second-order valence-corrected chi connectivity index (χ2v) is 19.3. The minimum Gasteiger partial charge on any atom is -0.466 e. The normalized spacial score (nSPS) is 13.0. The zero-order valence-corrected chi connectivity index (χ0v) is 43.2. The lowest BCUT2D eigenvalue weighted by atomic mass is 10.0. The quantitative estimate of drug-likeness (QED) is 0.0321. The van der Waals surface area contributed by atoms with Crippen LogP contribution >= 0.6 is 0 Å². The van der Waals surface area contributed by atoms with Crippen molar-refractivity contribution < 1.29 is 24.5 Å². The van der Waals surface area contributed by atoms with Gasteiger partial charge in [0, 0.05) is 12.8 Å².